The molecule has 8 nitrogen and oxygen atoms in total. The number of rotatable bonds is 6. The first kappa shape index (κ1) is 18.7. The molecule has 138 valence electrons. The Bertz CT molecular complexity index is 967. The van der Waals surface area contributed by atoms with Gasteiger partial charge < -0.3 is 15.7 Å². The van der Waals surface area contributed by atoms with Gasteiger partial charge in [-0.2, -0.15) is 20.1 Å². The zero-order valence-corrected chi connectivity index (χ0v) is 15.6. The van der Waals surface area contributed by atoms with Crippen LogP contribution in [0.4, 0.5) is 23.5 Å². The number of benzene rings is 2. The Balaban J connectivity index is 1.79. The van der Waals surface area contributed by atoms with Crippen LogP contribution >= 0.6 is 23.2 Å². The number of aromatic nitrogens is 3. The Kier molecular flexibility index (Phi) is 5.90. The van der Waals surface area contributed by atoms with Crippen LogP contribution in [0.15, 0.2) is 47.6 Å². The lowest BCUT2D eigenvalue weighted by atomic mass is 10.2. The summed E-state index contributed by atoms with van der Waals surface area (Å²) in [5.74, 6) is 0.780. The number of nitrogens with one attached hydrogen (secondary N) is 3. The summed E-state index contributed by atoms with van der Waals surface area (Å²) in [6, 6.07) is 12.5. The molecule has 27 heavy (non-hydrogen) atoms. The summed E-state index contributed by atoms with van der Waals surface area (Å²) in [5.41, 5.74) is 3.87. The molecule has 3 aromatic rings. The van der Waals surface area contributed by atoms with Gasteiger partial charge in [0, 0.05) is 23.3 Å². The van der Waals surface area contributed by atoms with Crippen LogP contribution in [0.1, 0.15) is 5.56 Å². The van der Waals surface area contributed by atoms with E-state index in [0.717, 1.165) is 5.69 Å². The molecule has 0 saturated carbocycles. The minimum Gasteiger partial charge on any atom is -0.506 e. The number of hydrogen-bond donors (Lipinski definition) is 4. The van der Waals surface area contributed by atoms with Crippen molar-refractivity contribution in [3.05, 3.63) is 58.1 Å². The van der Waals surface area contributed by atoms with Gasteiger partial charge >= 0.3 is 0 Å². The second-order valence-corrected chi connectivity index (χ2v) is 6.09. The molecule has 0 aliphatic rings. The van der Waals surface area contributed by atoms with Gasteiger partial charge in [-0.05, 0) is 24.3 Å². The van der Waals surface area contributed by atoms with Gasteiger partial charge in [0.15, 0.2) is 0 Å². The summed E-state index contributed by atoms with van der Waals surface area (Å²) in [4.78, 5) is 12.7. The van der Waals surface area contributed by atoms with E-state index >= 15 is 0 Å². The fourth-order valence-corrected chi connectivity index (χ4v) is 2.60. The molecule has 0 amide bonds. The summed E-state index contributed by atoms with van der Waals surface area (Å²) in [6.07, 6.45) is 1.36. The Labute approximate surface area is 165 Å². The lowest BCUT2D eigenvalue weighted by Crippen LogP contribution is -2.07. The number of nitrogens with zero attached hydrogens (tertiary/aromatic N) is 4. The van der Waals surface area contributed by atoms with Gasteiger partial charge in [0.1, 0.15) is 5.75 Å². The largest absolute Gasteiger partial charge is 0.506 e. The maximum Gasteiger partial charge on any atom is 0.250 e. The fraction of sp³-hybridized carbons (Fsp3) is 0.0588. The smallest absolute Gasteiger partial charge is 0.250 e. The average molecular weight is 404 g/mol. The van der Waals surface area contributed by atoms with Crippen molar-refractivity contribution >= 4 is 52.9 Å². The van der Waals surface area contributed by atoms with Gasteiger partial charge in [-0.1, -0.05) is 41.4 Å². The Morgan fingerprint density at radius 2 is 1.70 bits per heavy atom. The molecule has 2 aromatic carbocycles. The Morgan fingerprint density at radius 3 is 2.44 bits per heavy atom. The van der Waals surface area contributed by atoms with Crippen LogP contribution in [-0.4, -0.2) is 33.3 Å². The van der Waals surface area contributed by atoms with E-state index in [4.69, 9.17) is 23.2 Å². The maximum atomic E-state index is 9.94. The van der Waals surface area contributed by atoms with Gasteiger partial charge in [-0.25, -0.2) is 5.43 Å². The second kappa shape index (κ2) is 8.52. The van der Waals surface area contributed by atoms with E-state index in [1.807, 2.05) is 30.3 Å². The van der Waals surface area contributed by atoms with Crippen molar-refractivity contribution in [2.75, 3.05) is 23.1 Å². The molecule has 0 atom stereocenters. The van der Waals surface area contributed by atoms with Crippen LogP contribution in [0.3, 0.4) is 0 Å². The van der Waals surface area contributed by atoms with E-state index in [1.54, 1.807) is 7.05 Å². The van der Waals surface area contributed by atoms with Crippen molar-refractivity contribution in [1.82, 2.24) is 15.0 Å². The van der Waals surface area contributed by atoms with E-state index in [2.05, 4.69) is 36.1 Å². The number of anilines is 4. The third kappa shape index (κ3) is 4.96. The van der Waals surface area contributed by atoms with Crippen LogP contribution in [0.25, 0.3) is 0 Å². The number of para-hydroxylation sites is 1. The van der Waals surface area contributed by atoms with Crippen molar-refractivity contribution < 1.29 is 5.11 Å². The highest BCUT2D eigenvalue weighted by Gasteiger charge is 2.07. The van der Waals surface area contributed by atoms with Crippen LogP contribution in [0.5, 0.6) is 5.75 Å². The first-order valence-electron chi connectivity index (χ1n) is 7.78. The SMILES string of the molecule is CNc1nc(N/N=C/c2cc(Cl)cc(Cl)c2O)nc(Nc2ccccc2)n1. The maximum absolute atomic E-state index is 9.94. The highest BCUT2D eigenvalue weighted by Crippen LogP contribution is 2.30. The lowest BCUT2D eigenvalue weighted by molar-refractivity contribution is 0.475. The summed E-state index contributed by atoms with van der Waals surface area (Å²) >= 11 is 11.8. The van der Waals surface area contributed by atoms with Gasteiger partial charge in [-0.15, -0.1) is 0 Å². The summed E-state index contributed by atoms with van der Waals surface area (Å²) in [5, 5.41) is 20.4. The molecule has 0 aliphatic carbocycles. The first-order chi connectivity index (χ1) is 13.0. The molecule has 0 fully saturated rings. The molecule has 0 unspecified atom stereocenters. The molecule has 0 saturated heterocycles. The Morgan fingerprint density at radius 1 is 1.00 bits per heavy atom. The number of hydrazone groups is 1. The highest BCUT2D eigenvalue weighted by molar-refractivity contribution is 6.36. The summed E-state index contributed by atoms with van der Waals surface area (Å²) < 4.78 is 0. The third-order valence-corrected chi connectivity index (χ3v) is 3.82. The molecule has 0 bridgehead atoms. The first-order valence-corrected chi connectivity index (χ1v) is 8.54. The molecule has 4 N–H and O–H groups in total. The molecule has 3 rings (SSSR count). The molecular weight excluding hydrogens is 389 g/mol. The third-order valence-electron chi connectivity index (χ3n) is 3.31. The predicted octanol–water partition coefficient (Wildman–Crippen LogP) is 4.12. The number of aromatic hydroxyl groups is 1. The molecular formula is C17H15Cl2N7O. The van der Waals surface area contributed by atoms with E-state index in [9.17, 15) is 5.11 Å². The van der Waals surface area contributed by atoms with Gasteiger partial charge in [0.05, 0.1) is 11.2 Å². The average Bonchev–Trinajstić information content (AvgIpc) is 2.66. The van der Waals surface area contributed by atoms with Crippen LogP contribution < -0.4 is 16.1 Å². The minimum absolute atomic E-state index is 0.121. The molecule has 0 spiro atoms. The predicted molar refractivity (Wildman–Crippen MR) is 108 cm³/mol. The molecule has 0 aliphatic heterocycles. The van der Waals surface area contributed by atoms with Crippen molar-refractivity contribution in [3.63, 3.8) is 0 Å². The summed E-state index contributed by atoms with van der Waals surface area (Å²) in [7, 11) is 1.70. The standard InChI is InChI=1S/C17H15Cl2N7O/c1-20-15-23-16(22-12-5-3-2-4-6-12)25-17(24-15)26-21-9-10-7-11(18)8-13(19)14(10)27/h2-9,27H,1H3,(H3,20,22,23,24,25,26)/b21-9+. The topological polar surface area (TPSA) is 107 Å². The molecule has 0 radical (unpaired) electrons. The van der Waals surface area contributed by atoms with Gasteiger partial charge in [0.2, 0.25) is 17.8 Å². The van der Waals surface area contributed by atoms with E-state index < -0.39 is 0 Å². The van der Waals surface area contributed by atoms with Crippen LogP contribution in [0, 0.1) is 0 Å². The van der Waals surface area contributed by atoms with Crippen molar-refractivity contribution in [1.29, 1.82) is 0 Å². The zero-order valence-electron chi connectivity index (χ0n) is 14.1. The number of halogens is 2. The summed E-state index contributed by atoms with van der Waals surface area (Å²) in [6.45, 7) is 0. The minimum atomic E-state index is -0.121. The van der Waals surface area contributed by atoms with E-state index in [0.29, 0.717) is 22.5 Å². The normalized spacial score (nSPS) is 10.8. The molecule has 1 aromatic heterocycles. The van der Waals surface area contributed by atoms with Gasteiger partial charge in [0.25, 0.3) is 0 Å². The zero-order chi connectivity index (χ0) is 19.2. The van der Waals surface area contributed by atoms with Gasteiger partial charge in [-0.3, -0.25) is 0 Å². The van der Waals surface area contributed by atoms with Crippen molar-refractivity contribution in [2.45, 2.75) is 0 Å². The second-order valence-electron chi connectivity index (χ2n) is 5.24. The Hall–Kier alpha value is -3.10. The van der Waals surface area contributed by atoms with E-state index in [1.165, 1.54) is 18.3 Å². The number of hydrogen-bond acceptors (Lipinski definition) is 8. The van der Waals surface area contributed by atoms with Crippen molar-refractivity contribution in [3.8, 4) is 5.75 Å². The quantitative estimate of drug-likeness (QED) is 0.362. The number of phenolic OH excluding ortho intramolecular Hbond substituents is 1. The molecule has 10 heteroatoms. The van der Waals surface area contributed by atoms with Crippen LogP contribution in [0.2, 0.25) is 10.0 Å². The molecule has 1 heterocycles. The monoisotopic (exact) mass is 403 g/mol. The van der Waals surface area contributed by atoms with Crippen LogP contribution in [-0.2, 0) is 0 Å². The lowest BCUT2D eigenvalue weighted by Gasteiger charge is -2.08. The highest BCUT2D eigenvalue weighted by atomic mass is 35.5. The van der Waals surface area contributed by atoms with E-state index in [-0.39, 0.29) is 16.7 Å². The fourth-order valence-electron chi connectivity index (χ4n) is 2.09. The van der Waals surface area contributed by atoms with Crippen molar-refractivity contribution in [2.24, 2.45) is 5.10 Å². The number of phenols is 1.